The molecule has 1 heterocycles. The molecule has 0 aliphatic heterocycles. The van der Waals surface area contributed by atoms with E-state index >= 15 is 0 Å². The second-order valence-electron chi connectivity index (χ2n) is 2.28. The molecular weight excluding hydrogens is 146 g/mol. The highest BCUT2D eigenvalue weighted by molar-refractivity contribution is 6.30. The smallest absolute Gasteiger partial charge is 0.133 e. The molecule has 0 radical (unpaired) electrons. The van der Waals surface area contributed by atoms with E-state index < -0.39 is 0 Å². The van der Waals surface area contributed by atoms with Gasteiger partial charge in [-0.2, -0.15) is 0 Å². The maximum absolute atomic E-state index is 5.82. The van der Waals surface area contributed by atoms with Gasteiger partial charge in [0, 0.05) is 11.8 Å². The van der Waals surface area contributed by atoms with Gasteiger partial charge in [0.15, 0.2) is 0 Å². The van der Waals surface area contributed by atoms with E-state index in [1.54, 1.807) is 6.20 Å². The lowest BCUT2D eigenvalue weighted by molar-refractivity contribution is 1.21. The highest BCUT2D eigenvalue weighted by atomic mass is 35.5. The minimum absolute atomic E-state index is 0.641. The highest BCUT2D eigenvalue weighted by Crippen LogP contribution is 2.24. The largest absolute Gasteiger partial charge is 0.244 e. The molecule has 0 saturated carbocycles. The second-order valence-corrected chi connectivity index (χ2v) is 2.63. The molecule has 0 unspecified atom stereocenters. The maximum Gasteiger partial charge on any atom is 0.133 e. The van der Waals surface area contributed by atoms with Crippen molar-refractivity contribution in [2.24, 2.45) is 0 Å². The first-order valence-electron chi connectivity index (χ1n) is 3.18. The molecule has 0 saturated heterocycles. The Labute approximate surface area is 64.4 Å². The summed E-state index contributed by atoms with van der Waals surface area (Å²) in [5.74, 6) is 0. The average molecular weight is 152 g/mol. The molecule has 1 nitrogen and oxygen atoms in total. The molecule has 10 heavy (non-hydrogen) atoms. The third kappa shape index (κ3) is 0.745. The lowest BCUT2D eigenvalue weighted by Gasteiger charge is -1.97. The van der Waals surface area contributed by atoms with E-state index in [4.69, 9.17) is 11.6 Å². The summed E-state index contributed by atoms with van der Waals surface area (Å²) in [6, 6.07) is 1.98. The molecule has 50 valence electrons. The molecule has 1 aliphatic rings. The van der Waals surface area contributed by atoms with Gasteiger partial charge in [0.2, 0.25) is 0 Å². The number of hydrogen-bond acceptors (Lipinski definition) is 1. The van der Waals surface area contributed by atoms with E-state index in [0.717, 1.165) is 12.0 Å². The fourth-order valence-corrected chi connectivity index (χ4v) is 1.39. The highest BCUT2D eigenvalue weighted by Gasteiger charge is 2.07. The quantitative estimate of drug-likeness (QED) is 0.519. The molecule has 2 heteroatoms. The summed E-state index contributed by atoms with van der Waals surface area (Å²) in [7, 11) is 0. The van der Waals surface area contributed by atoms with Crippen molar-refractivity contribution in [1.82, 2.24) is 4.98 Å². The van der Waals surface area contributed by atoms with Crippen LogP contribution in [0.3, 0.4) is 0 Å². The zero-order chi connectivity index (χ0) is 6.97. The lowest BCUT2D eigenvalue weighted by atomic mass is 10.2. The minimum Gasteiger partial charge on any atom is -0.244 e. The number of pyridine rings is 1. The number of nitrogens with zero attached hydrogens (tertiary/aromatic N) is 1. The molecule has 0 spiro atoms. The standard InChI is InChI=1S/C8H6ClN/c9-8-7-3-1-2-6(7)4-5-10-8/h1-2,4-5H,3H2. The van der Waals surface area contributed by atoms with Crippen LogP contribution >= 0.6 is 11.6 Å². The summed E-state index contributed by atoms with van der Waals surface area (Å²) in [6.45, 7) is 0. The molecule has 0 N–H and O–H groups in total. The third-order valence-electron chi connectivity index (χ3n) is 1.66. The fraction of sp³-hybridized carbons (Fsp3) is 0.125. The van der Waals surface area contributed by atoms with Crippen LogP contribution in [0.5, 0.6) is 0 Å². The van der Waals surface area contributed by atoms with Gasteiger partial charge in [-0.05, 0) is 18.1 Å². The molecule has 0 atom stereocenters. The van der Waals surface area contributed by atoms with Gasteiger partial charge in [-0.3, -0.25) is 0 Å². The van der Waals surface area contributed by atoms with Gasteiger partial charge in [0.1, 0.15) is 5.15 Å². The summed E-state index contributed by atoms with van der Waals surface area (Å²) in [5.41, 5.74) is 2.36. The first-order chi connectivity index (χ1) is 4.88. The number of aromatic nitrogens is 1. The van der Waals surface area contributed by atoms with Gasteiger partial charge < -0.3 is 0 Å². The Kier molecular flexibility index (Phi) is 1.24. The van der Waals surface area contributed by atoms with E-state index in [2.05, 4.69) is 17.1 Å². The molecule has 2 rings (SSSR count). The SMILES string of the molecule is Clc1nccc2c1CC=C2. The van der Waals surface area contributed by atoms with Gasteiger partial charge >= 0.3 is 0 Å². The summed E-state index contributed by atoms with van der Waals surface area (Å²) in [5, 5.41) is 0.641. The van der Waals surface area contributed by atoms with Crippen molar-refractivity contribution >= 4 is 17.7 Å². The number of allylic oxidation sites excluding steroid dienone is 1. The molecule has 1 aromatic rings. The van der Waals surface area contributed by atoms with Crippen molar-refractivity contribution in [3.63, 3.8) is 0 Å². The Balaban J connectivity index is 2.66. The summed E-state index contributed by atoms with van der Waals surface area (Å²) in [4.78, 5) is 3.98. The summed E-state index contributed by atoms with van der Waals surface area (Å²) >= 11 is 5.82. The summed E-state index contributed by atoms with van der Waals surface area (Å²) in [6.07, 6.45) is 6.83. The van der Waals surface area contributed by atoms with Crippen LogP contribution in [0.15, 0.2) is 18.3 Å². The van der Waals surface area contributed by atoms with E-state index in [-0.39, 0.29) is 0 Å². The van der Waals surface area contributed by atoms with Crippen LogP contribution < -0.4 is 0 Å². The number of rotatable bonds is 0. The predicted octanol–water partition coefficient (Wildman–Crippen LogP) is 2.30. The first-order valence-corrected chi connectivity index (χ1v) is 3.55. The molecule has 1 aromatic heterocycles. The number of halogens is 1. The zero-order valence-corrected chi connectivity index (χ0v) is 6.10. The normalized spacial score (nSPS) is 13.7. The van der Waals surface area contributed by atoms with Crippen LogP contribution in [0.1, 0.15) is 11.1 Å². The Morgan fingerprint density at radius 2 is 2.40 bits per heavy atom. The van der Waals surface area contributed by atoms with E-state index in [9.17, 15) is 0 Å². The third-order valence-corrected chi connectivity index (χ3v) is 1.98. The van der Waals surface area contributed by atoms with E-state index in [1.807, 2.05) is 6.07 Å². The van der Waals surface area contributed by atoms with Gasteiger partial charge in [0.25, 0.3) is 0 Å². The Hall–Kier alpha value is -0.820. The lowest BCUT2D eigenvalue weighted by Crippen LogP contribution is -1.85. The zero-order valence-electron chi connectivity index (χ0n) is 5.34. The van der Waals surface area contributed by atoms with E-state index in [1.165, 1.54) is 5.56 Å². The van der Waals surface area contributed by atoms with Crippen molar-refractivity contribution < 1.29 is 0 Å². The Morgan fingerprint density at radius 1 is 1.50 bits per heavy atom. The maximum atomic E-state index is 5.82. The predicted molar refractivity (Wildman–Crippen MR) is 42.0 cm³/mol. The Bertz CT molecular complexity index is 291. The molecule has 0 aromatic carbocycles. The average Bonchev–Trinajstić information content (AvgIpc) is 2.36. The van der Waals surface area contributed by atoms with Crippen LogP contribution in [-0.4, -0.2) is 4.98 Å². The Morgan fingerprint density at radius 3 is 3.20 bits per heavy atom. The van der Waals surface area contributed by atoms with Gasteiger partial charge in [0.05, 0.1) is 0 Å². The van der Waals surface area contributed by atoms with E-state index in [0.29, 0.717) is 5.15 Å². The van der Waals surface area contributed by atoms with Crippen molar-refractivity contribution in [2.75, 3.05) is 0 Å². The fourth-order valence-electron chi connectivity index (χ4n) is 1.14. The van der Waals surface area contributed by atoms with Gasteiger partial charge in [-0.25, -0.2) is 4.98 Å². The molecular formula is C8H6ClN. The van der Waals surface area contributed by atoms with Crippen LogP contribution in [0, 0.1) is 0 Å². The van der Waals surface area contributed by atoms with Crippen molar-refractivity contribution in [3.8, 4) is 0 Å². The number of hydrogen-bond donors (Lipinski definition) is 0. The van der Waals surface area contributed by atoms with Gasteiger partial charge in [-0.15, -0.1) is 0 Å². The van der Waals surface area contributed by atoms with Crippen molar-refractivity contribution in [3.05, 3.63) is 34.6 Å². The molecule has 0 bridgehead atoms. The van der Waals surface area contributed by atoms with Crippen molar-refractivity contribution in [2.45, 2.75) is 6.42 Å². The van der Waals surface area contributed by atoms with Crippen LogP contribution in [0.4, 0.5) is 0 Å². The monoisotopic (exact) mass is 151 g/mol. The van der Waals surface area contributed by atoms with Crippen LogP contribution in [-0.2, 0) is 6.42 Å². The van der Waals surface area contributed by atoms with Gasteiger partial charge in [-0.1, -0.05) is 23.8 Å². The molecule has 1 aliphatic carbocycles. The minimum atomic E-state index is 0.641. The summed E-state index contributed by atoms with van der Waals surface area (Å²) < 4.78 is 0. The molecule has 0 amide bonds. The van der Waals surface area contributed by atoms with Crippen LogP contribution in [0.25, 0.3) is 6.08 Å². The number of fused-ring (bicyclic) bond motifs is 1. The second kappa shape index (κ2) is 2.10. The van der Waals surface area contributed by atoms with Crippen LogP contribution in [0.2, 0.25) is 5.15 Å². The molecule has 0 fully saturated rings. The topological polar surface area (TPSA) is 12.9 Å². The first kappa shape index (κ1) is 5.93. The van der Waals surface area contributed by atoms with Crippen molar-refractivity contribution in [1.29, 1.82) is 0 Å².